The molecule has 0 aliphatic rings. The highest BCUT2D eigenvalue weighted by Gasteiger charge is 2.24. The fraction of sp³-hybridized carbons (Fsp3) is 0.429. The number of ether oxygens (including phenoxy) is 1. The van der Waals surface area contributed by atoms with Gasteiger partial charge in [-0.15, -0.1) is 11.3 Å². The zero-order valence-electron chi connectivity index (χ0n) is 18.3. The standard InChI is InChI=1S/C21H28N4O5S/c1-6-15-9-7-14(8-10-16-12-31-18(23-16)22-13(2)26)11-17(15)25(20(28)29)24-19(27)30-21(3,4)5/h7,9,11-12H,6,8,10H2,1-5H3,(H,24,27)(H,28,29)(H,22,23,26). The number of aryl methyl sites for hydroxylation is 3. The summed E-state index contributed by atoms with van der Waals surface area (Å²) in [6.45, 7) is 8.44. The van der Waals surface area contributed by atoms with Gasteiger partial charge in [-0.3, -0.25) is 4.79 Å². The number of hydrazine groups is 1. The third kappa shape index (κ3) is 7.56. The summed E-state index contributed by atoms with van der Waals surface area (Å²) >= 11 is 1.35. The van der Waals surface area contributed by atoms with Gasteiger partial charge < -0.3 is 15.2 Å². The fourth-order valence-corrected chi connectivity index (χ4v) is 3.57. The molecule has 168 valence electrons. The van der Waals surface area contributed by atoms with Crippen molar-refractivity contribution in [3.8, 4) is 0 Å². The topological polar surface area (TPSA) is 121 Å². The number of aromatic nitrogens is 1. The third-order valence-electron chi connectivity index (χ3n) is 4.07. The van der Waals surface area contributed by atoms with Gasteiger partial charge in [0.1, 0.15) is 5.60 Å². The maximum absolute atomic E-state index is 12.1. The lowest BCUT2D eigenvalue weighted by Crippen LogP contribution is -2.48. The van der Waals surface area contributed by atoms with E-state index in [4.69, 9.17) is 4.74 Å². The maximum atomic E-state index is 12.1. The van der Waals surface area contributed by atoms with Crippen LogP contribution in [0.1, 0.15) is 51.4 Å². The second-order valence-corrected chi connectivity index (χ2v) is 8.73. The second-order valence-electron chi connectivity index (χ2n) is 7.87. The first-order chi connectivity index (χ1) is 14.5. The van der Waals surface area contributed by atoms with Crippen LogP contribution in [-0.2, 0) is 28.8 Å². The van der Waals surface area contributed by atoms with E-state index in [0.29, 0.717) is 30.1 Å². The van der Waals surface area contributed by atoms with Crippen LogP contribution in [0.2, 0.25) is 0 Å². The SMILES string of the molecule is CCc1ccc(CCc2csc(NC(C)=O)n2)cc1N(NC(=O)OC(C)(C)C)C(=O)O. The van der Waals surface area contributed by atoms with E-state index in [2.05, 4.69) is 15.7 Å². The van der Waals surface area contributed by atoms with E-state index in [9.17, 15) is 19.5 Å². The maximum Gasteiger partial charge on any atom is 0.431 e. The van der Waals surface area contributed by atoms with Crippen molar-refractivity contribution in [2.24, 2.45) is 0 Å². The van der Waals surface area contributed by atoms with Crippen LogP contribution in [0.25, 0.3) is 0 Å². The van der Waals surface area contributed by atoms with Crippen LogP contribution in [0.4, 0.5) is 20.4 Å². The molecule has 0 saturated carbocycles. The predicted octanol–water partition coefficient (Wildman–Crippen LogP) is 4.37. The molecule has 3 N–H and O–H groups in total. The van der Waals surface area contributed by atoms with E-state index in [1.54, 1.807) is 26.8 Å². The van der Waals surface area contributed by atoms with Gasteiger partial charge in [-0.1, -0.05) is 19.1 Å². The fourth-order valence-electron chi connectivity index (χ4n) is 2.78. The molecule has 0 aliphatic heterocycles. The number of benzene rings is 1. The van der Waals surface area contributed by atoms with Crippen LogP contribution in [0.5, 0.6) is 0 Å². The van der Waals surface area contributed by atoms with Gasteiger partial charge in [-0.05, 0) is 57.2 Å². The number of hydrogen-bond donors (Lipinski definition) is 3. The molecular formula is C21H28N4O5S. The Morgan fingerprint density at radius 3 is 2.52 bits per heavy atom. The highest BCUT2D eigenvalue weighted by atomic mass is 32.1. The Hall–Kier alpha value is -3.14. The van der Waals surface area contributed by atoms with Gasteiger partial charge in [0.15, 0.2) is 5.13 Å². The van der Waals surface area contributed by atoms with E-state index in [1.165, 1.54) is 18.3 Å². The molecule has 1 heterocycles. The first kappa shape index (κ1) is 24.1. The molecule has 0 unspecified atom stereocenters. The Balaban J connectivity index is 2.19. The van der Waals surface area contributed by atoms with Gasteiger partial charge in [0, 0.05) is 12.3 Å². The number of amides is 3. The van der Waals surface area contributed by atoms with Crippen molar-refractivity contribution in [1.29, 1.82) is 0 Å². The summed E-state index contributed by atoms with van der Waals surface area (Å²) < 4.78 is 5.19. The lowest BCUT2D eigenvalue weighted by Gasteiger charge is -2.26. The minimum atomic E-state index is -1.32. The minimum absolute atomic E-state index is 0.174. The summed E-state index contributed by atoms with van der Waals surface area (Å²) in [6, 6.07) is 5.52. The number of carboxylic acid groups (broad SMARTS) is 1. The first-order valence-electron chi connectivity index (χ1n) is 9.85. The van der Waals surface area contributed by atoms with Gasteiger partial charge >= 0.3 is 12.2 Å². The van der Waals surface area contributed by atoms with E-state index < -0.39 is 17.8 Å². The van der Waals surface area contributed by atoms with Gasteiger partial charge in [0.05, 0.1) is 11.4 Å². The number of rotatable bonds is 6. The van der Waals surface area contributed by atoms with Crippen molar-refractivity contribution in [3.05, 3.63) is 40.4 Å². The average Bonchev–Trinajstić information content (AvgIpc) is 3.09. The largest absolute Gasteiger partial charge is 0.463 e. The van der Waals surface area contributed by atoms with Crippen molar-refractivity contribution in [3.63, 3.8) is 0 Å². The summed E-state index contributed by atoms with van der Waals surface area (Å²) in [5.74, 6) is -0.174. The van der Waals surface area contributed by atoms with Crippen LogP contribution >= 0.6 is 11.3 Å². The number of thiazole rings is 1. The van der Waals surface area contributed by atoms with E-state index in [1.807, 2.05) is 24.4 Å². The summed E-state index contributed by atoms with van der Waals surface area (Å²) in [6.07, 6.45) is -0.359. The van der Waals surface area contributed by atoms with E-state index in [-0.39, 0.29) is 5.91 Å². The lowest BCUT2D eigenvalue weighted by atomic mass is 10.0. The third-order valence-corrected chi connectivity index (χ3v) is 4.88. The molecule has 3 amide bonds. The van der Waals surface area contributed by atoms with Crippen LogP contribution in [0, 0.1) is 0 Å². The van der Waals surface area contributed by atoms with Crippen molar-refractivity contribution >= 4 is 40.2 Å². The molecule has 0 saturated heterocycles. The normalized spacial score (nSPS) is 11.0. The van der Waals surface area contributed by atoms with Crippen LogP contribution in [0.3, 0.4) is 0 Å². The van der Waals surface area contributed by atoms with Gasteiger partial charge in [-0.2, -0.15) is 5.01 Å². The second kappa shape index (κ2) is 10.3. The quantitative estimate of drug-likeness (QED) is 0.564. The predicted molar refractivity (Wildman–Crippen MR) is 120 cm³/mol. The number of nitrogens with one attached hydrogen (secondary N) is 2. The summed E-state index contributed by atoms with van der Waals surface area (Å²) in [5.41, 5.74) is 4.41. The number of carbonyl (C=O) groups excluding carboxylic acids is 2. The van der Waals surface area contributed by atoms with Gasteiger partial charge in [0.2, 0.25) is 5.91 Å². The highest BCUT2D eigenvalue weighted by Crippen LogP contribution is 2.24. The van der Waals surface area contributed by atoms with E-state index >= 15 is 0 Å². The molecule has 1 aromatic carbocycles. The molecule has 0 radical (unpaired) electrons. The molecule has 10 heteroatoms. The zero-order valence-corrected chi connectivity index (χ0v) is 19.1. The zero-order chi connectivity index (χ0) is 23.2. The molecule has 0 spiro atoms. The highest BCUT2D eigenvalue weighted by molar-refractivity contribution is 7.13. The van der Waals surface area contributed by atoms with Crippen LogP contribution in [0.15, 0.2) is 23.6 Å². The summed E-state index contributed by atoms with van der Waals surface area (Å²) in [4.78, 5) is 39.5. The van der Waals surface area contributed by atoms with Crippen molar-refractivity contribution in [2.45, 2.75) is 59.5 Å². The Morgan fingerprint density at radius 2 is 1.94 bits per heavy atom. The van der Waals surface area contributed by atoms with E-state index in [0.717, 1.165) is 21.8 Å². The number of hydrogen-bond acceptors (Lipinski definition) is 6. The molecule has 2 rings (SSSR count). The van der Waals surface area contributed by atoms with Crippen LogP contribution in [-0.4, -0.2) is 33.8 Å². The molecular weight excluding hydrogens is 420 g/mol. The lowest BCUT2D eigenvalue weighted by molar-refractivity contribution is -0.114. The van der Waals surface area contributed by atoms with Gasteiger partial charge in [-0.25, -0.2) is 20.0 Å². The Kier molecular flexibility index (Phi) is 7.98. The molecule has 0 fully saturated rings. The molecule has 0 atom stereocenters. The van der Waals surface area contributed by atoms with Crippen LogP contribution < -0.4 is 15.8 Å². The van der Waals surface area contributed by atoms with Crippen molar-refractivity contribution in [1.82, 2.24) is 10.4 Å². The molecule has 9 nitrogen and oxygen atoms in total. The smallest absolute Gasteiger partial charge is 0.431 e. The Morgan fingerprint density at radius 1 is 1.23 bits per heavy atom. The minimum Gasteiger partial charge on any atom is -0.463 e. The van der Waals surface area contributed by atoms with Crippen molar-refractivity contribution < 1.29 is 24.2 Å². The van der Waals surface area contributed by atoms with Crippen molar-refractivity contribution in [2.75, 3.05) is 10.3 Å². The monoisotopic (exact) mass is 448 g/mol. The number of nitrogens with zero attached hydrogens (tertiary/aromatic N) is 2. The summed E-state index contributed by atoms with van der Waals surface area (Å²) in [5, 5.41) is 15.5. The Labute approximate surface area is 185 Å². The van der Waals surface area contributed by atoms with Gasteiger partial charge in [0.25, 0.3) is 0 Å². The molecule has 2 aromatic rings. The average molecular weight is 449 g/mol. The Bertz CT molecular complexity index is 951. The molecule has 1 aromatic heterocycles. The number of carbonyl (C=O) groups is 3. The number of anilines is 2. The molecule has 31 heavy (non-hydrogen) atoms. The molecule has 0 bridgehead atoms. The first-order valence-corrected chi connectivity index (χ1v) is 10.7. The summed E-state index contributed by atoms with van der Waals surface area (Å²) in [7, 11) is 0. The molecule has 0 aliphatic carbocycles.